The van der Waals surface area contributed by atoms with Crippen LogP contribution in [0.1, 0.15) is 21.5 Å². The number of ether oxygens (including phenoxy) is 1. The van der Waals surface area contributed by atoms with Crippen LogP contribution in [0.15, 0.2) is 12.1 Å². The van der Waals surface area contributed by atoms with Crippen molar-refractivity contribution in [2.45, 2.75) is 12.8 Å². The fraction of sp³-hybridized carbons (Fsp3) is 0.300. The van der Waals surface area contributed by atoms with Crippen LogP contribution in [0.5, 0.6) is 0 Å². The second-order valence-corrected chi connectivity index (χ2v) is 3.51. The number of alkyl halides is 1. The molecule has 0 aliphatic rings. The van der Waals surface area contributed by atoms with Crippen LogP contribution in [0, 0.1) is 6.92 Å². The number of benzene rings is 1. The fourth-order valence-corrected chi connectivity index (χ4v) is 1.79. The largest absolute Gasteiger partial charge is 0.465 e. The average Bonchev–Trinajstić information content (AvgIpc) is 2.18. The van der Waals surface area contributed by atoms with Crippen LogP contribution in [-0.2, 0) is 10.6 Å². The van der Waals surface area contributed by atoms with Gasteiger partial charge in [-0.3, -0.25) is 0 Å². The summed E-state index contributed by atoms with van der Waals surface area (Å²) in [5, 5.41) is 0.392. The Kier molecular flexibility index (Phi) is 3.78. The van der Waals surface area contributed by atoms with Crippen molar-refractivity contribution in [3.8, 4) is 0 Å². The summed E-state index contributed by atoms with van der Waals surface area (Å²) in [6.45, 7) is 1.80. The van der Waals surface area contributed by atoms with Gasteiger partial charge in [-0.2, -0.15) is 0 Å². The predicted octanol–water partition coefficient (Wildman–Crippen LogP) is 3.17. The van der Waals surface area contributed by atoms with Crippen LogP contribution >= 0.6 is 23.2 Å². The van der Waals surface area contributed by atoms with Crippen molar-refractivity contribution in [2.24, 2.45) is 0 Å². The number of carbonyl (C=O) groups is 1. The minimum Gasteiger partial charge on any atom is -0.465 e. The van der Waals surface area contributed by atoms with Crippen LogP contribution in [-0.4, -0.2) is 13.1 Å². The summed E-state index contributed by atoms with van der Waals surface area (Å²) >= 11 is 11.6. The molecule has 0 aliphatic heterocycles. The Hall–Kier alpha value is -0.730. The smallest absolute Gasteiger partial charge is 0.339 e. The summed E-state index contributed by atoms with van der Waals surface area (Å²) in [5.74, 6) is -0.0769. The molecular formula is C10H10Cl2O2. The van der Waals surface area contributed by atoms with E-state index in [9.17, 15) is 4.79 Å². The molecule has 14 heavy (non-hydrogen) atoms. The maximum absolute atomic E-state index is 11.4. The lowest BCUT2D eigenvalue weighted by Gasteiger charge is -2.09. The van der Waals surface area contributed by atoms with Crippen molar-refractivity contribution in [3.63, 3.8) is 0 Å². The van der Waals surface area contributed by atoms with Crippen molar-refractivity contribution in [2.75, 3.05) is 7.11 Å². The van der Waals surface area contributed by atoms with E-state index in [1.807, 2.05) is 0 Å². The Bertz CT molecular complexity index is 361. The van der Waals surface area contributed by atoms with Crippen molar-refractivity contribution < 1.29 is 9.53 Å². The zero-order valence-electron chi connectivity index (χ0n) is 7.93. The second kappa shape index (κ2) is 4.67. The third kappa shape index (κ3) is 2.02. The first-order valence-corrected chi connectivity index (χ1v) is 4.95. The Balaban J connectivity index is 3.32. The molecule has 2 nitrogen and oxygen atoms in total. The highest BCUT2D eigenvalue weighted by molar-refractivity contribution is 6.33. The average molecular weight is 233 g/mol. The fourth-order valence-electron chi connectivity index (χ4n) is 1.22. The van der Waals surface area contributed by atoms with Gasteiger partial charge in [0.05, 0.1) is 17.7 Å². The van der Waals surface area contributed by atoms with E-state index in [0.717, 1.165) is 11.1 Å². The molecule has 0 atom stereocenters. The van der Waals surface area contributed by atoms with Crippen LogP contribution in [0.25, 0.3) is 0 Å². The second-order valence-electron chi connectivity index (χ2n) is 2.83. The predicted molar refractivity (Wildman–Crippen MR) is 57.1 cm³/mol. The van der Waals surface area contributed by atoms with Gasteiger partial charge < -0.3 is 4.74 Å². The Labute approximate surface area is 92.8 Å². The number of hydrogen-bond acceptors (Lipinski definition) is 2. The molecule has 0 spiro atoms. The first-order chi connectivity index (χ1) is 6.61. The first kappa shape index (κ1) is 11.3. The van der Waals surface area contributed by atoms with Gasteiger partial charge in [-0.15, -0.1) is 11.6 Å². The monoisotopic (exact) mass is 232 g/mol. The van der Waals surface area contributed by atoms with Crippen molar-refractivity contribution in [3.05, 3.63) is 33.8 Å². The maximum atomic E-state index is 11.4. The molecule has 0 N–H and O–H groups in total. The van der Waals surface area contributed by atoms with Crippen LogP contribution < -0.4 is 0 Å². The Morgan fingerprint density at radius 1 is 1.50 bits per heavy atom. The molecule has 0 saturated heterocycles. The van der Waals surface area contributed by atoms with E-state index < -0.39 is 5.97 Å². The molecule has 76 valence electrons. The third-order valence-electron chi connectivity index (χ3n) is 2.06. The number of carbonyl (C=O) groups excluding carboxylic acids is 1. The number of methoxy groups -OCH3 is 1. The van der Waals surface area contributed by atoms with Gasteiger partial charge in [0.25, 0.3) is 0 Å². The summed E-state index contributed by atoms with van der Waals surface area (Å²) in [6, 6.07) is 3.45. The quantitative estimate of drug-likeness (QED) is 0.579. The number of halogens is 2. The molecule has 0 unspecified atom stereocenters. The lowest BCUT2D eigenvalue weighted by molar-refractivity contribution is 0.0600. The summed E-state index contributed by atoms with van der Waals surface area (Å²) < 4.78 is 4.63. The van der Waals surface area contributed by atoms with Crippen molar-refractivity contribution >= 4 is 29.2 Å². The molecule has 1 rings (SSSR count). The molecule has 0 amide bonds. The highest BCUT2D eigenvalue weighted by Gasteiger charge is 2.15. The van der Waals surface area contributed by atoms with E-state index in [4.69, 9.17) is 23.2 Å². The van der Waals surface area contributed by atoms with Gasteiger partial charge in [0.1, 0.15) is 0 Å². The SMILES string of the molecule is COC(=O)c1c(Cl)ccc(CCl)c1C. The molecule has 0 heterocycles. The Morgan fingerprint density at radius 3 is 2.64 bits per heavy atom. The summed E-state index contributed by atoms with van der Waals surface area (Å²) in [5.41, 5.74) is 2.06. The van der Waals surface area contributed by atoms with E-state index in [2.05, 4.69) is 4.74 Å². The number of rotatable bonds is 2. The molecular weight excluding hydrogens is 223 g/mol. The molecule has 0 radical (unpaired) electrons. The number of hydrogen-bond donors (Lipinski definition) is 0. The van der Waals surface area contributed by atoms with Gasteiger partial charge in [0, 0.05) is 5.88 Å². The molecule has 0 fully saturated rings. The van der Waals surface area contributed by atoms with Gasteiger partial charge in [0.15, 0.2) is 0 Å². The summed E-state index contributed by atoms with van der Waals surface area (Å²) in [6.07, 6.45) is 0. The van der Waals surface area contributed by atoms with Gasteiger partial charge in [-0.1, -0.05) is 17.7 Å². The molecule has 1 aromatic carbocycles. The lowest BCUT2D eigenvalue weighted by atomic mass is 10.0. The van der Waals surface area contributed by atoms with E-state index in [0.29, 0.717) is 16.5 Å². The molecule has 4 heteroatoms. The van der Waals surface area contributed by atoms with Gasteiger partial charge in [-0.05, 0) is 24.1 Å². The first-order valence-electron chi connectivity index (χ1n) is 4.04. The van der Waals surface area contributed by atoms with Gasteiger partial charge >= 0.3 is 5.97 Å². The van der Waals surface area contributed by atoms with E-state index in [-0.39, 0.29) is 0 Å². The minimum absolute atomic E-state index is 0.354. The van der Waals surface area contributed by atoms with E-state index in [1.165, 1.54) is 7.11 Å². The molecule has 1 aromatic rings. The lowest BCUT2D eigenvalue weighted by Crippen LogP contribution is -2.06. The third-order valence-corrected chi connectivity index (χ3v) is 2.66. The van der Waals surface area contributed by atoms with Crippen LogP contribution in [0.2, 0.25) is 5.02 Å². The van der Waals surface area contributed by atoms with Crippen LogP contribution in [0.4, 0.5) is 0 Å². The maximum Gasteiger partial charge on any atom is 0.339 e. The van der Waals surface area contributed by atoms with Gasteiger partial charge in [0.2, 0.25) is 0 Å². The molecule has 0 aromatic heterocycles. The minimum atomic E-state index is -0.431. The zero-order chi connectivity index (χ0) is 10.7. The molecule has 0 saturated carbocycles. The zero-order valence-corrected chi connectivity index (χ0v) is 9.45. The van der Waals surface area contributed by atoms with Crippen molar-refractivity contribution in [1.29, 1.82) is 0 Å². The molecule has 0 bridgehead atoms. The van der Waals surface area contributed by atoms with Gasteiger partial charge in [-0.25, -0.2) is 4.79 Å². The summed E-state index contributed by atoms with van der Waals surface area (Å²) in [4.78, 5) is 11.4. The normalized spacial score (nSPS) is 10.0. The van der Waals surface area contributed by atoms with E-state index >= 15 is 0 Å². The highest BCUT2D eigenvalue weighted by Crippen LogP contribution is 2.24. The highest BCUT2D eigenvalue weighted by atomic mass is 35.5. The number of esters is 1. The molecule has 0 aliphatic carbocycles. The van der Waals surface area contributed by atoms with Crippen molar-refractivity contribution in [1.82, 2.24) is 0 Å². The van der Waals surface area contributed by atoms with E-state index in [1.54, 1.807) is 19.1 Å². The van der Waals surface area contributed by atoms with Crippen LogP contribution in [0.3, 0.4) is 0 Å². The Morgan fingerprint density at radius 2 is 2.14 bits per heavy atom. The standard InChI is InChI=1S/C10H10Cl2O2/c1-6-7(5-11)3-4-8(12)9(6)10(13)14-2/h3-4H,5H2,1-2H3. The summed E-state index contributed by atoms with van der Waals surface area (Å²) in [7, 11) is 1.32. The topological polar surface area (TPSA) is 26.3 Å².